The average Bonchev–Trinajstić information content (AvgIpc) is 3.25. The number of carbonyl (C=O) groups excluding carboxylic acids is 2. The summed E-state index contributed by atoms with van der Waals surface area (Å²) in [7, 11) is 0. The van der Waals surface area contributed by atoms with Gasteiger partial charge in [-0.25, -0.2) is 4.79 Å². The summed E-state index contributed by atoms with van der Waals surface area (Å²) in [6, 6.07) is 1.68. The molecule has 140 valence electrons. The number of carbonyl (C=O) groups is 2. The van der Waals surface area contributed by atoms with Crippen molar-refractivity contribution in [1.82, 2.24) is 9.78 Å². The maximum atomic E-state index is 12.8. The van der Waals surface area contributed by atoms with Crippen LogP contribution in [0.1, 0.15) is 71.3 Å². The molecule has 0 spiro atoms. The Morgan fingerprint density at radius 2 is 2.12 bits per heavy atom. The van der Waals surface area contributed by atoms with Crippen molar-refractivity contribution in [2.45, 2.75) is 65.5 Å². The van der Waals surface area contributed by atoms with Crippen LogP contribution >= 0.6 is 11.3 Å². The summed E-state index contributed by atoms with van der Waals surface area (Å²) < 4.78 is 7.21. The second-order valence-corrected chi connectivity index (χ2v) is 7.63. The third kappa shape index (κ3) is 3.67. The van der Waals surface area contributed by atoms with Crippen molar-refractivity contribution >= 4 is 28.2 Å². The number of amides is 1. The highest BCUT2D eigenvalue weighted by atomic mass is 32.1. The topological polar surface area (TPSA) is 73.2 Å². The van der Waals surface area contributed by atoms with E-state index in [1.165, 1.54) is 16.2 Å². The lowest BCUT2D eigenvalue weighted by atomic mass is 9.95. The van der Waals surface area contributed by atoms with Gasteiger partial charge in [0.1, 0.15) is 10.7 Å². The summed E-state index contributed by atoms with van der Waals surface area (Å²) in [5.41, 5.74) is 2.08. The van der Waals surface area contributed by atoms with Gasteiger partial charge >= 0.3 is 5.97 Å². The summed E-state index contributed by atoms with van der Waals surface area (Å²) in [6.45, 7) is 6.41. The van der Waals surface area contributed by atoms with Crippen LogP contribution in [0.25, 0.3) is 0 Å². The molecule has 0 aliphatic heterocycles. The number of fused-ring (bicyclic) bond motifs is 1. The van der Waals surface area contributed by atoms with E-state index in [0.29, 0.717) is 22.8 Å². The van der Waals surface area contributed by atoms with Gasteiger partial charge in [-0.2, -0.15) is 5.10 Å². The number of thiophene rings is 1. The highest BCUT2D eigenvalue weighted by Crippen LogP contribution is 2.39. The predicted octanol–water partition coefficient (Wildman–Crippen LogP) is 4.05. The first kappa shape index (κ1) is 18.6. The molecule has 1 amide bonds. The molecule has 0 saturated heterocycles. The van der Waals surface area contributed by atoms with E-state index >= 15 is 0 Å². The molecule has 1 unspecified atom stereocenters. The van der Waals surface area contributed by atoms with Gasteiger partial charge in [-0.15, -0.1) is 11.3 Å². The lowest BCUT2D eigenvalue weighted by molar-refractivity contribution is 0.0335. The van der Waals surface area contributed by atoms with Gasteiger partial charge in [0.25, 0.3) is 5.91 Å². The highest BCUT2D eigenvalue weighted by Gasteiger charge is 2.28. The van der Waals surface area contributed by atoms with E-state index in [2.05, 4.69) is 10.4 Å². The van der Waals surface area contributed by atoms with Crippen LogP contribution in [0.15, 0.2) is 12.3 Å². The van der Waals surface area contributed by atoms with Gasteiger partial charge in [-0.3, -0.25) is 9.48 Å². The van der Waals surface area contributed by atoms with E-state index in [-0.39, 0.29) is 18.0 Å². The van der Waals surface area contributed by atoms with Crippen molar-refractivity contribution in [1.29, 1.82) is 0 Å². The number of anilines is 1. The van der Waals surface area contributed by atoms with Crippen molar-refractivity contribution in [3.8, 4) is 0 Å². The molecule has 0 radical (unpaired) electrons. The number of nitrogens with one attached hydrogen (secondary N) is 1. The molecule has 2 heterocycles. The number of esters is 1. The average molecular weight is 375 g/mol. The van der Waals surface area contributed by atoms with Crippen LogP contribution in [0.4, 0.5) is 5.00 Å². The first-order chi connectivity index (χ1) is 12.5. The Morgan fingerprint density at radius 1 is 1.35 bits per heavy atom. The summed E-state index contributed by atoms with van der Waals surface area (Å²) in [6.07, 6.45) is 6.20. The van der Waals surface area contributed by atoms with Crippen LogP contribution in [0.5, 0.6) is 0 Å². The Bertz CT molecular complexity index is 809. The molecule has 0 bridgehead atoms. The molecular weight excluding hydrogens is 350 g/mol. The summed E-state index contributed by atoms with van der Waals surface area (Å²) >= 11 is 1.50. The largest absolute Gasteiger partial charge is 0.459 e. The molecule has 1 aliphatic rings. The predicted molar refractivity (Wildman–Crippen MR) is 102 cm³/mol. The van der Waals surface area contributed by atoms with Gasteiger partial charge in [0.15, 0.2) is 0 Å². The van der Waals surface area contributed by atoms with Crippen LogP contribution in [-0.2, 0) is 24.1 Å². The van der Waals surface area contributed by atoms with Crippen molar-refractivity contribution in [3.63, 3.8) is 0 Å². The van der Waals surface area contributed by atoms with E-state index < -0.39 is 0 Å². The maximum Gasteiger partial charge on any atom is 0.341 e. The van der Waals surface area contributed by atoms with Crippen molar-refractivity contribution in [2.24, 2.45) is 0 Å². The fraction of sp³-hybridized carbons (Fsp3) is 0.526. The summed E-state index contributed by atoms with van der Waals surface area (Å²) in [5, 5.41) is 7.67. The fourth-order valence-electron chi connectivity index (χ4n) is 3.14. The number of ether oxygens (including phenoxy) is 1. The minimum Gasteiger partial charge on any atom is -0.459 e. The monoisotopic (exact) mass is 375 g/mol. The van der Waals surface area contributed by atoms with Crippen LogP contribution in [-0.4, -0.2) is 27.8 Å². The van der Waals surface area contributed by atoms with Gasteiger partial charge in [-0.1, -0.05) is 6.92 Å². The fourth-order valence-corrected chi connectivity index (χ4v) is 4.41. The van der Waals surface area contributed by atoms with Gasteiger partial charge < -0.3 is 10.1 Å². The molecule has 0 saturated carbocycles. The first-order valence-electron chi connectivity index (χ1n) is 9.23. The molecule has 2 aromatic heterocycles. The number of nitrogens with zero attached hydrogens (tertiary/aromatic N) is 2. The van der Waals surface area contributed by atoms with E-state index in [9.17, 15) is 9.59 Å². The molecular formula is C19H25N3O3S. The summed E-state index contributed by atoms with van der Waals surface area (Å²) in [5.74, 6) is -0.585. The lowest BCUT2D eigenvalue weighted by Crippen LogP contribution is -2.20. The third-order valence-corrected chi connectivity index (χ3v) is 5.94. The maximum absolute atomic E-state index is 12.8. The van der Waals surface area contributed by atoms with Gasteiger partial charge in [0, 0.05) is 17.6 Å². The molecule has 2 aromatic rings. The number of hydrogen-bond donors (Lipinski definition) is 1. The van der Waals surface area contributed by atoms with E-state index in [0.717, 1.165) is 37.7 Å². The molecule has 0 aromatic carbocycles. The Balaban J connectivity index is 1.92. The highest BCUT2D eigenvalue weighted by molar-refractivity contribution is 7.17. The molecule has 1 atom stereocenters. The van der Waals surface area contributed by atoms with E-state index in [4.69, 9.17) is 4.74 Å². The quantitative estimate of drug-likeness (QED) is 0.773. The zero-order valence-electron chi connectivity index (χ0n) is 15.5. The van der Waals surface area contributed by atoms with Crippen molar-refractivity contribution < 1.29 is 14.3 Å². The minimum absolute atomic E-state index is 0.147. The Hall–Kier alpha value is -2.15. The standard InChI is InChI=1S/C19H25N3O3S/c1-4-12(3)25-19(24)16-13-8-6-7-9-15(13)26-18(16)21-17(23)14-10-11-20-22(14)5-2/h10-12H,4-9H2,1-3H3,(H,21,23). The van der Waals surface area contributed by atoms with Crippen LogP contribution < -0.4 is 5.32 Å². The van der Waals surface area contributed by atoms with Crippen molar-refractivity contribution in [2.75, 3.05) is 5.32 Å². The number of hydrogen-bond acceptors (Lipinski definition) is 5. The van der Waals surface area contributed by atoms with E-state index in [1.54, 1.807) is 16.9 Å². The second kappa shape index (κ2) is 8.03. The molecule has 6 nitrogen and oxygen atoms in total. The summed E-state index contributed by atoms with van der Waals surface area (Å²) in [4.78, 5) is 26.7. The molecule has 26 heavy (non-hydrogen) atoms. The SMILES string of the molecule is CCC(C)OC(=O)c1c(NC(=O)c2ccnn2CC)sc2c1CCCC2. The van der Waals surface area contributed by atoms with E-state index in [1.807, 2.05) is 20.8 Å². The number of rotatable bonds is 6. The van der Waals surface area contributed by atoms with Gasteiger partial charge in [0.05, 0.1) is 11.7 Å². The Labute approximate surface area is 157 Å². The lowest BCUT2D eigenvalue weighted by Gasteiger charge is -2.15. The zero-order chi connectivity index (χ0) is 18.7. The van der Waals surface area contributed by atoms with Crippen LogP contribution in [0.3, 0.4) is 0 Å². The van der Waals surface area contributed by atoms with Crippen LogP contribution in [0, 0.1) is 0 Å². The zero-order valence-corrected chi connectivity index (χ0v) is 16.3. The molecule has 0 fully saturated rings. The molecule has 1 aliphatic carbocycles. The number of aryl methyl sites for hydroxylation is 2. The third-order valence-electron chi connectivity index (χ3n) is 4.73. The van der Waals surface area contributed by atoms with Crippen molar-refractivity contribution in [3.05, 3.63) is 34.0 Å². The molecule has 1 N–H and O–H groups in total. The number of aromatic nitrogens is 2. The smallest absolute Gasteiger partial charge is 0.341 e. The first-order valence-corrected chi connectivity index (χ1v) is 10.0. The minimum atomic E-state index is -0.335. The Kier molecular flexibility index (Phi) is 5.76. The normalized spacial score (nSPS) is 14.6. The Morgan fingerprint density at radius 3 is 2.85 bits per heavy atom. The molecule has 7 heteroatoms. The van der Waals surface area contributed by atoms with Crippen LogP contribution in [0.2, 0.25) is 0 Å². The molecule has 3 rings (SSSR count). The van der Waals surface area contributed by atoms with Gasteiger partial charge in [-0.05, 0) is 57.6 Å². The second-order valence-electron chi connectivity index (χ2n) is 6.53. The van der Waals surface area contributed by atoms with Gasteiger partial charge in [0.2, 0.25) is 0 Å².